The van der Waals surface area contributed by atoms with Crippen molar-refractivity contribution in [3.05, 3.63) is 71.3 Å². The zero-order valence-corrected chi connectivity index (χ0v) is 11.6. The van der Waals surface area contributed by atoms with Crippen LogP contribution in [0.4, 0.5) is 0 Å². The van der Waals surface area contributed by atoms with E-state index < -0.39 is 0 Å². The summed E-state index contributed by atoms with van der Waals surface area (Å²) in [5.74, 6) is 0.950. The molecular formula is C18H18O. The van der Waals surface area contributed by atoms with Gasteiger partial charge in [-0.25, -0.2) is 0 Å². The van der Waals surface area contributed by atoms with Gasteiger partial charge in [-0.3, -0.25) is 0 Å². The predicted molar refractivity (Wildman–Crippen MR) is 79.3 cm³/mol. The van der Waals surface area contributed by atoms with Crippen molar-refractivity contribution in [1.82, 2.24) is 0 Å². The average molecular weight is 250 g/mol. The van der Waals surface area contributed by atoms with Crippen LogP contribution in [0.2, 0.25) is 0 Å². The highest BCUT2D eigenvalue weighted by Gasteiger charge is 2.34. The van der Waals surface area contributed by atoms with E-state index in [0.717, 1.165) is 5.75 Å². The lowest BCUT2D eigenvalue weighted by molar-refractivity contribution is 0.143. The fourth-order valence-corrected chi connectivity index (χ4v) is 2.81. The van der Waals surface area contributed by atoms with Crippen molar-refractivity contribution in [2.45, 2.75) is 26.4 Å². The third-order valence-electron chi connectivity index (χ3n) is 3.79. The lowest BCUT2D eigenvalue weighted by atomic mass is 9.97. The molecular weight excluding hydrogens is 232 g/mol. The van der Waals surface area contributed by atoms with Crippen LogP contribution < -0.4 is 4.74 Å². The van der Waals surface area contributed by atoms with Gasteiger partial charge in [-0.15, -0.1) is 0 Å². The molecule has 1 atom stereocenters. The lowest BCUT2D eigenvalue weighted by Gasteiger charge is -2.27. The van der Waals surface area contributed by atoms with E-state index in [9.17, 15) is 0 Å². The SMILES string of the molecule is CC1=CC(C)(Oc2ccccc2C)c2ccccc21. The van der Waals surface area contributed by atoms with E-state index in [0.29, 0.717) is 0 Å². The molecule has 96 valence electrons. The van der Waals surface area contributed by atoms with Crippen LogP contribution in [0, 0.1) is 6.92 Å². The number of hydrogen-bond acceptors (Lipinski definition) is 1. The zero-order valence-electron chi connectivity index (χ0n) is 11.6. The highest BCUT2D eigenvalue weighted by atomic mass is 16.5. The summed E-state index contributed by atoms with van der Waals surface area (Å²) in [5.41, 5.74) is 4.62. The van der Waals surface area contributed by atoms with Gasteiger partial charge in [0.15, 0.2) is 5.60 Å². The maximum atomic E-state index is 6.31. The molecule has 0 saturated carbocycles. The van der Waals surface area contributed by atoms with Crippen molar-refractivity contribution in [1.29, 1.82) is 0 Å². The molecule has 1 unspecified atom stereocenters. The van der Waals surface area contributed by atoms with E-state index in [2.05, 4.69) is 57.2 Å². The van der Waals surface area contributed by atoms with E-state index in [1.54, 1.807) is 0 Å². The predicted octanol–water partition coefficient (Wildman–Crippen LogP) is 4.71. The Morgan fingerprint density at radius 3 is 2.37 bits per heavy atom. The Morgan fingerprint density at radius 2 is 1.58 bits per heavy atom. The number of rotatable bonds is 2. The zero-order chi connectivity index (χ0) is 13.5. The smallest absolute Gasteiger partial charge is 0.151 e. The second-order valence-corrected chi connectivity index (χ2v) is 5.35. The summed E-state index contributed by atoms with van der Waals surface area (Å²) in [6, 6.07) is 16.6. The Kier molecular flexibility index (Phi) is 2.70. The van der Waals surface area contributed by atoms with Crippen LogP contribution in [0.1, 0.15) is 30.5 Å². The van der Waals surface area contributed by atoms with Gasteiger partial charge in [-0.2, -0.15) is 0 Å². The molecule has 1 aliphatic rings. The van der Waals surface area contributed by atoms with Crippen molar-refractivity contribution in [3.8, 4) is 5.75 Å². The summed E-state index contributed by atoms with van der Waals surface area (Å²) < 4.78 is 6.31. The number of hydrogen-bond donors (Lipinski definition) is 0. The number of allylic oxidation sites excluding steroid dienone is 1. The molecule has 0 aliphatic heterocycles. The van der Waals surface area contributed by atoms with E-state index in [4.69, 9.17) is 4.74 Å². The molecule has 1 heteroatoms. The minimum Gasteiger partial charge on any atom is -0.478 e. The highest BCUT2D eigenvalue weighted by molar-refractivity contribution is 5.74. The fourth-order valence-electron chi connectivity index (χ4n) is 2.81. The van der Waals surface area contributed by atoms with Crippen molar-refractivity contribution in [3.63, 3.8) is 0 Å². The molecule has 1 aliphatic carbocycles. The van der Waals surface area contributed by atoms with E-state index in [1.807, 2.05) is 18.2 Å². The largest absolute Gasteiger partial charge is 0.478 e. The Morgan fingerprint density at radius 1 is 0.895 bits per heavy atom. The molecule has 2 aromatic rings. The van der Waals surface area contributed by atoms with Crippen LogP contribution >= 0.6 is 0 Å². The molecule has 0 radical (unpaired) electrons. The molecule has 2 aromatic carbocycles. The Labute approximate surface area is 114 Å². The summed E-state index contributed by atoms with van der Waals surface area (Å²) in [6.07, 6.45) is 2.21. The van der Waals surface area contributed by atoms with Crippen LogP contribution in [0.15, 0.2) is 54.6 Å². The molecule has 0 aromatic heterocycles. The van der Waals surface area contributed by atoms with Gasteiger partial charge in [0.2, 0.25) is 0 Å². The first-order chi connectivity index (χ1) is 9.10. The standard InChI is InChI=1S/C18H18O/c1-13-8-4-7-11-17(13)19-18(3)12-14(2)15-9-5-6-10-16(15)18/h4-12H,1-3H3. The quantitative estimate of drug-likeness (QED) is 0.750. The van der Waals surface area contributed by atoms with Gasteiger partial charge in [-0.1, -0.05) is 42.5 Å². The van der Waals surface area contributed by atoms with Crippen molar-refractivity contribution < 1.29 is 4.74 Å². The van der Waals surface area contributed by atoms with Crippen LogP contribution in [-0.2, 0) is 5.60 Å². The number of fused-ring (bicyclic) bond motifs is 1. The summed E-state index contributed by atoms with van der Waals surface area (Å²) in [4.78, 5) is 0. The molecule has 0 heterocycles. The Hall–Kier alpha value is -2.02. The van der Waals surface area contributed by atoms with E-state index in [-0.39, 0.29) is 5.60 Å². The molecule has 3 rings (SSSR count). The topological polar surface area (TPSA) is 9.23 Å². The minimum absolute atomic E-state index is 0.368. The normalized spacial score (nSPS) is 20.9. The average Bonchev–Trinajstić information content (AvgIpc) is 2.65. The van der Waals surface area contributed by atoms with Gasteiger partial charge < -0.3 is 4.74 Å². The molecule has 1 nitrogen and oxygen atoms in total. The highest BCUT2D eigenvalue weighted by Crippen LogP contribution is 2.41. The van der Waals surface area contributed by atoms with Gasteiger partial charge in [0.1, 0.15) is 5.75 Å². The summed E-state index contributed by atoms with van der Waals surface area (Å²) >= 11 is 0. The summed E-state index contributed by atoms with van der Waals surface area (Å²) in [5, 5.41) is 0. The molecule has 0 fully saturated rings. The molecule has 19 heavy (non-hydrogen) atoms. The second kappa shape index (κ2) is 4.27. The number of ether oxygens (including phenoxy) is 1. The summed E-state index contributed by atoms with van der Waals surface area (Å²) in [7, 11) is 0. The van der Waals surface area contributed by atoms with Gasteiger partial charge >= 0.3 is 0 Å². The van der Waals surface area contributed by atoms with Gasteiger partial charge in [-0.05, 0) is 49.6 Å². The minimum atomic E-state index is -0.368. The second-order valence-electron chi connectivity index (χ2n) is 5.35. The number of para-hydroxylation sites is 1. The van der Waals surface area contributed by atoms with Crippen LogP contribution in [0.5, 0.6) is 5.75 Å². The molecule has 0 saturated heterocycles. The van der Waals surface area contributed by atoms with Gasteiger partial charge in [0, 0.05) is 5.56 Å². The van der Waals surface area contributed by atoms with Crippen LogP contribution in [0.25, 0.3) is 5.57 Å². The van der Waals surface area contributed by atoms with E-state index in [1.165, 1.54) is 22.3 Å². The van der Waals surface area contributed by atoms with Crippen molar-refractivity contribution in [2.24, 2.45) is 0 Å². The third-order valence-corrected chi connectivity index (χ3v) is 3.79. The molecule has 0 bridgehead atoms. The maximum absolute atomic E-state index is 6.31. The fraction of sp³-hybridized carbons (Fsp3) is 0.222. The first kappa shape index (κ1) is 12.0. The van der Waals surface area contributed by atoms with Gasteiger partial charge in [0.05, 0.1) is 0 Å². The molecule has 0 spiro atoms. The van der Waals surface area contributed by atoms with Crippen LogP contribution in [-0.4, -0.2) is 0 Å². The van der Waals surface area contributed by atoms with Crippen molar-refractivity contribution in [2.75, 3.05) is 0 Å². The van der Waals surface area contributed by atoms with Gasteiger partial charge in [0.25, 0.3) is 0 Å². The first-order valence-electron chi connectivity index (χ1n) is 6.64. The third kappa shape index (κ3) is 1.95. The monoisotopic (exact) mass is 250 g/mol. The first-order valence-corrected chi connectivity index (χ1v) is 6.64. The van der Waals surface area contributed by atoms with Crippen molar-refractivity contribution >= 4 is 5.57 Å². The lowest BCUT2D eigenvalue weighted by Crippen LogP contribution is -2.25. The maximum Gasteiger partial charge on any atom is 0.151 e. The number of aryl methyl sites for hydroxylation is 1. The molecule has 0 N–H and O–H groups in total. The van der Waals surface area contributed by atoms with E-state index >= 15 is 0 Å². The van der Waals surface area contributed by atoms with Crippen LogP contribution in [0.3, 0.4) is 0 Å². The molecule has 0 amide bonds. The number of benzene rings is 2. The Balaban J connectivity index is 2.04. The summed E-state index contributed by atoms with van der Waals surface area (Å²) in [6.45, 7) is 6.36. The Bertz CT molecular complexity index is 654.